The molecule has 2 amide bonds. The third kappa shape index (κ3) is 3.91. The van der Waals surface area contributed by atoms with Gasteiger partial charge < -0.3 is 29.0 Å². The van der Waals surface area contributed by atoms with E-state index in [9.17, 15) is 4.79 Å². The monoisotopic (exact) mass is 421 g/mol. The first-order chi connectivity index (χ1) is 15.0. The van der Waals surface area contributed by atoms with Crippen molar-refractivity contribution in [3.05, 3.63) is 71.5 Å². The van der Waals surface area contributed by atoms with Crippen molar-refractivity contribution in [2.24, 2.45) is 0 Å². The first kappa shape index (κ1) is 20.7. The van der Waals surface area contributed by atoms with Gasteiger partial charge in [0.1, 0.15) is 0 Å². The number of fused-ring (bicyclic) bond motifs is 1. The van der Waals surface area contributed by atoms with Gasteiger partial charge in [-0.2, -0.15) is 0 Å². The van der Waals surface area contributed by atoms with Crippen LogP contribution in [0.15, 0.2) is 54.7 Å². The predicted molar refractivity (Wildman–Crippen MR) is 119 cm³/mol. The summed E-state index contributed by atoms with van der Waals surface area (Å²) in [5, 5.41) is 3.05. The molecule has 7 heteroatoms. The average Bonchev–Trinajstić information content (AvgIpc) is 3.26. The molecule has 0 saturated carbocycles. The van der Waals surface area contributed by atoms with E-state index in [-0.39, 0.29) is 12.1 Å². The Labute approximate surface area is 182 Å². The van der Waals surface area contributed by atoms with Crippen LogP contribution in [0.3, 0.4) is 0 Å². The van der Waals surface area contributed by atoms with Crippen LogP contribution in [0.25, 0.3) is 0 Å². The first-order valence-corrected chi connectivity index (χ1v) is 10.1. The summed E-state index contributed by atoms with van der Waals surface area (Å²) in [5.74, 6) is 1.63. The van der Waals surface area contributed by atoms with Crippen molar-refractivity contribution in [2.75, 3.05) is 33.2 Å². The molecule has 1 aliphatic rings. The number of methoxy groups -OCH3 is 3. The molecule has 162 valence electrons. The molecular formula is C24H27N3O4. The molecule has 1 atom stereocenters. The fourth-order valence-electron chi connectivity index (χ4n) is 4.13. The maximum atomic E-state index is 13.3. The van der Waals surface area contributed by atoms with Crippen molar-refractivity contribution >= 4 is 11.7 Å². The van der Waals surface area contributed by atoms with E-state index in [1.54, 1.807) is 21.3 Å². The minimum absolute atomic E-state index is 0.156. The summed E-state index contributed by atoms with van der Waals surface area (Å²) in [5.41, 5.74) is 3.77. The lowest BCUT2D eigenvalue weighted by Crippen LogP contribution is -2.44. The van der Waals surface area contributed by atoms with Crippen LogP contribution in [-0.2, 0) is 6.54 Å². The van der Waals surface area contributed by atoms with E-state index in [1.165, 1.54) is 0 Å². The number of nitrogens with zero attached hydrogens (tertiary/aromatic N) is 2. The van der Waals surface area contributed by atoms with Gasteiger partial charge in [-0.05, 0) is 54.4 Å². The second-order valence-corrected chi connectivity index (χ2v) is 7.48. The molecule has 1 aromatic heterocycles. The number of hydrogen-bond acceptors (Lipinski definition) is 4. The van der Waals surface area contributed by atoms with E-state index in [0.717, 1.165) is 29.1 Å². The van der Waals surface area contributed by atoms with Gasteiger partial charge in [0.2, 0.25) is 5.75 Å². The number of ether oxygens (including phenoxy) is 3. The molecule has 7 nitrogen and oxygen atoms in total. The molecule has 0 bridgehead atoms. The lowest BCUT2D eigenvalue weighted by Gasteiger charge is -2.37. The fourth-order valence-corrected chi connectivity index (χ4v) is 4.13. The van der Waals surface area contributed by atoms with Crippen molar-refractivity contribution in [2.45, 2.75) is 19.5 Å². The van der Waals surface area contributed by atoms with E-state index in [2.05, 4.69) is 9.88 Å². The maximum Gasteiger partial charge on any atom is 0.322 e. The number of urea groups is 1. The molecule has 31 heavy (non-hydrogen) atoms. The third-order valence-corrected chi connectivity index (χ3v) is 5.57. The molecule has 0 radical (unpaired) electrons. The second kappa shape index (κ2) is 8.63. The van der Waals surface area contributed by atoms with Crippen molar-refractivity contribution in [1.82, 2.24) is 9.47 Å². The number of aromatic nitrogens is 1. The molecule has 3 aromatic rings. The summed E-state index contributed by atoms with van der Waals surface area (Å²) in [6.07, 6.45) is 2.04. The van der Waals surface area contributed by atoms with Gasteiger partial charge in [-0.1, -0.05) is 12.1 Å². The molecule has 0 fully saturated rings. The number of benzene rings is 2. The SMILES string of the molecule is COc1cc([C@@H]2c3cccn3CCN2C(=O)Nc2cccc(C)c2)cc(OC)c1OC. The molecule has 2 aromatic carbocycles. The highest BCUT2D eigenvalue weighted by Crippen LogP contribution is 2.43. The summed E-state index contributed by atoms with van der Waals surface area (Å²) >= 11 is 0. The van der Waals surface area contributed by atoms with Crippen LogP contribution < -0.4 is 19.5 Å². The molecule has 0 saturated heterocycles. The smallest absolute Gasteiger partial charge is 0.322 e. The average molecular weight is 421 g/mol. The number of rotatable bonds is 5. The standard InChI is InChI=1S/C24H27N3O4/c1-16-7-5-8-18(13-16)25-24(28)27-12-11-26-10-6-9-19(26)22(27)17-14-20(29-2)23(31-4)21(15-17)30-3/h5-10,13-15,22H,11-12H2,1-4H3,(H,25,28)/t22-/m1/s1. The zero-order valence-electron chi connectivity index (χ0n) is 18.2. The highest BCUT2D eigenvalue weighted by Gasteiger charge is 2.33. The molecule has 4 rings (SSSR count). The topological polar surface area (TPSA) is 65.0 Å². The Balaban J connectivity index is 1.76. The predicted octanol–water partition coefficient (Wildman–Crippen LogP) is 4.46. The van der Waals surface area contributed by atoms with E-state index < -0.39 is 0 Å². The van der Waals surface area contributed by atoms with Crippen LogP contribution in [0.4, 0.5) is 10.5 Å². The zero-order valence-corrected chi connectivity index (χ0v) is 18.2. The minimum Gasteiger partial charge on any atom is -0.493 e. The van der Waals surface area contributed by atoms with Gasteiger partial charge in [0.25, 0.3) is 0 Å². The van der Waals surface area contributed by atoms with Gasteiger partial charge in [-0.25, -0.2) is 4.79 Å². The highest BCUT2D eigenvalue weighted by molar-refractivity contribution is 5.90. The third-order valence-electron chi connectivity index (χ3n) is 5.57. The Morgan fingerprint density at radius 2 is 1.71 bits per heavy atom. The summed E-state index contributed by atoms with van der Waals surface area (Å²) in [6, 6.07) is 15.2. The van der Waals surface area contributed by atoms with Crippen LogP contribution in [0.2, 0.25) is 0 Å². The lowest BCUT2D eigenvalue weighted by molar-refractivity contribution is 0.181. The van der Waals surface area contributed by atoms with Gasteiger partial charge in [-0.3, -0.25) is 0 Å². The van der Waals surface area contributed by atoms with Crippen LogP contribution in [-0.4, -0.2) is 43.4 Å². The van der Waals surface area contributed by atoms with E-state index >= 15 is 0 Å². The van der Waals surface area contributed by atoms with Crippen molar-refractivity contribution < 1.29 is 19.0 Å². The normalized spacial score (nSPS) is 15.2. The number of carbonyl (C=O) groups is 1. The summed E-state index contributed by atoms with van der Waals surface area (Å²) < 4.78 is 18.7. The number of nitrogens with one attached hydrogen (secondary N) is 1. The summed E-state index contributed by atoms with van der Waals surface area (Å²) in [7, 11) is 4.76. The number of aryl methyl sites for hydroxylation is 1. The molecular weight excluding hydrogens is 394 g/mol. The van der Waals surface area contributed by atoms with Crippen molar-refractivity contribution in [3.63, 3.8) is 0 Å². The molecule has 1 aliphatic heterocycles. The molecule has 0 unspecified atom stereocenters. The van der Waals surface area contributed by atoms with Crippen LogP contribution in [0.1, 0.15) is 22.9 Å². The largest absolute Gasteiger partial charge is 0.493 e. The maximum absolute atomic E-state index is 13.3. The van der Waals surface area contributed by atoms with Gasteiger partial charge in [0, 0.05) is 30.7 Å². The quantitative estimate of drug-likeness (QED) is 0.661. The lowest BCUT2D eigenvalue weighted by atomic mass is 9.99. The second-order valence-electron chi connectivity index (χ2n) is 7.48. The Morgan fingerprint density at radius 1 is 0.968 bits per heavy atom. The zero-order chi connectivity index (χ0) is 22.0. The van der Waals surface area contributed by atoms with Crippen LogP contribution >= 0.6 is 0 Å². The summed E-state index contributed by atoms with van der Waals surface area (Å²) in [6.45, 7) is 3.30. The fraction of sp³-hybridized carbons (Fsp3) is 0.292. The van der Waals surface area contributed by atoms with E-state index in [0.29, 0.717) is 23.8 Å². The summed E-state index contributed by atoms with van der Waals surface area (Å²) in [4.78, 5) is 15.2. The molecule has 0 aliphatic carbocycles. The Bertz CT molecular complexity index is 1070. The van der Waals surface area contributed by atoms with Crippen molar-refractivity contribution in [3.8, 4) is 17.2 Å². The Kier molecular flexibility index (Phi) is 5.75. The van der Waals surface area contributed by atoms with E-state index in [4.69, 9.17) is 14.2 Å². The highest BCUT2D eigenvalue weighted by atomic mass is 16.5. The first-order valence-electron chi connectivity index (χ1n) is 10.1. The van der Waals surface area contributed by atoms with Crippen molar-refractivity contribution in [1.29, 1.82) is 0 Å². The molecule has 0 spiro atoms. The van der Waals surface area contributed by atoms with Gasteiger partial charge in [0.05, 0.1) is 27.4 Å². The Hall–Kier alpha value is -3.61. The number of hydrogen-bond donors (Lipinski definition) is 1. The number of carbonyl (C=O) groups excluding carboxylic acids is 1. The molecule has 1 N–H and O–H groups in total. The van der Waals surface area contributed by atoms with Crippen LogP contribution in [0, 0.1) is 6.92 Å². The van der Waals surface area contributed by atoms with Gasteiger partial charge in [-0.15, -0.1) is 0 Å². The molecule has 2 heterocycles. The Morgan fingerprint density at radius 3 is 2.35 bits per heavy atom. The number of amides is 2. The minimum atomic E-state index is -0.303. The van der Waals surface area contributed by atoms with E-state index in [1.807, 2.05) is 66.6 Å². The van der Waals surface area contributed by atoms with Gasteiger partial charge in [0.15, 0.2) is 11.5 Å². The van der Waals surface area contributed by atoms with Gasteiger partial charge >= 0.3 is 6.03 Å². The number of anilines is 1. The van der Waals surface area contributed by atoms with Crippen LogP contribution in [0.5, 0.6) is 17.2 Å².